The van der Waals surface area contributed by atoms with Crippen LogP contribution < -0.4 is 0 Å². The molecule has 0 nitrogen and oxygen atoms in total. The molecule has 0 spiro atoms. The molecule has 3 rings (SSSR count). The number of rotatable bonds is 7. The maximum Gasteiger partial charge on any atom is -0.0326 e. The Labute approximate surface area is 139 Å². The van der Waals surface area contributed by atoms with Crippen molar-refractivity contribution in [3.63, 3.8) is 0 Å². The molecule has 0 saturated heterocycles. The van der Waals surface area contributed by atoms with Crippen molar-refractivity contribution in [2.24, 2.45) is 71.0 Å². The fourth-order valence-corrected chi connectivity index (χ4v) is 6.68. The molecule has 0 radical (unpaired) electrons. The van der Waals surface area contributed by atoms with E-state index in [1.165, 1.54) is 12.8 Å². The molecule has 3 aliphatic rings. The largest absolute Gasteiger partial charge is 0.0651 e. The predicted molar refractivity (Wildman–Crippen MR) is 96.5 cm³/mol. The first-order valence-electron chi connectivity index (χ1n) is 10.3. The van der Waals surface area contributed by atoms with E-state index in [0.717, 1.165) is 71.0 Å². The number of hydrogen-bond donors (Lipinski definition) is 0. The summed E-state index contributed by atoms with van der Waals surface area (Å²) in [6.45, 7) is 20.1. The molecule has 0 aromatic rings. The van der Waals surface area contributed by atoms with E-state index in [1.54, 1.807) is 0 Å². The van der Waals surface area contributed by atoms with Crippen molar-refractivity contribution < 1.29 is 0 Å². The van der Waals surface area contributed by atoms with E-state index in [-0.39, 0.29) is 0 Å². The summed E-state index contributed by atoms with van der Waals surface area (Å²) in [5, 5.41) is 0. The molecule has 0 aromatic carbocycles. The lowest BCUT2D eigenvalue weighted by Crippen LogP contribution is -2.19. The second-order valence-electron chi connectivity index (χ2n) is 9.80. The third-order valence-electron chi connectivity index (χ3n) is 9.12. The van der Waals surface area contributed by atoms with Crippen molar-refractivity contribution in [2.45, 2.75) is 68.2 Å². The van der Waals surface area contributed by atoms with Gasteiger partial charge in [-0.2, -0.15) is 0 Å². The summed E-state index contributed by atoms with van der Waals surface area (Å²) in [6, 6.07) is 0. The Balaban J connectivity index is 1.51. The van der Waals surface area contributed by atoms with E-state index in [9.17, 15) is 0 Å². The van der Waals surface area contributed by atoms with Crippen LogP contribution in [0.25, 0.3) is 0 Å². The molecule has 0 aromatic heterocycles. The maximum atomic E-state index is 2.58. The molecule has 0 heterocycles. The van der Waals surface area contributed by atoms with Crippen LogP contribution in [0.1, 0.15) is 68.2 Å². The minimum Gasteiger partial charge on any atom is -0.0651 e. The smallest absolute Gasteiger partial charge is 0.0326 e. The second-order valence-corrected chi connectivity index (χ2v) is 9.80. The van der Waals surface area contributed by atoms with Gasteiger partial charge in [-0.05, 0) is 77.4 Å². The van der Waals surface area contributed by atoms with Gasteiger partial charge in [-0.25, -0.2) is 0 Å². The highest BCUT2D eigenvalue weighted by atomic mass is 14.6. The molecule has 0 N–H and O–H groups in total. The van der Waals surface area contributed by atoms with Crippen LogP contribution in [0.5, 0.6) is 0 Å². The summed E-state index contributed by atoms with van der Waals surface area (Å²) >= 11 is 0. The lowest BCUT2D eigenvalue weighted by atomic mass is 9.80. The molecule has 0 amide bonds. The molecule has 11 unspecified atom stereocenters. The van der Waals surface area contributed by atoms with Gasteiger partial charge >= 0.3 is 0 Å². The molecule has 0 bridgehead atoms. The first-order chi connectivity index (χ1) is 10.3. The summed E-state index contributed by atoms with van der Waals surface area (Å²) in [6.07, 6.45) is 2.94. The van der Waals surface area contributed by atoms with Crippen LogP contribution in [0, 0.1) is 71.0 Å². The van der Waals surface area contributed by atoms with E-state index in [1.807, 2.05) is 0 Å². The first-order valence-corrected chi connectivity index (χ1v) is 10.3. The highest BCUT2D eigenvalue weighted by molar-refractivity contribution is 5.04. The normalized spacial score (nSPS) is 51.8. The van der Waals surface area contributed by atoms with Gasteiger partial charge in [0, 0.05) is 0 Å². The minimum absolute atomic E-state index is 0.950. The van der Waals surface area contributed by atoms with Crippen molar-refractivity contribution in [1.29, 1.82) is 0 Å². The van der Waals surface area contributed by atoms with Crippen molar-refractivity contribution in [2.75, 3.05) is 0 Å². The standard InChI is InChI=1S/C22H40/c1-9-18-17(8)22(18)14(5)12(3)20-10-19(20)11(2)13(4)21-15(6)16(21)7/h11-22H,9-10H2,1-8H3. The average molecular weight is 305 g/mol. The Kier molecular flexibility index (Phi) is 4.45. The van der Waals surface area contributed by atoms with Gasteiger partial charge in [0.05, 0.1) is 0 Å². The van der Waals surface area contributed by atoms with Crippen molar-refractivity contribution >= 4 is 0 Å². The van der Waals surface area contributed by atoms with Gasteiger partial charge in [0.25, 0.3) is 0 Å². The Morgan fingerprint density at radius 3 is 1.50 bits per heavy atom. The minimum atomic E-state index is 0.950. The van der Waals surface area contributed by atoms with E-state index >= 15 is 0 Å². The van der Waals surface area contributed by atoms with Crippen LogP contribution in [-0.2, 0) is 0 Å². The van der Waals surface area contributed by atoms with Crippen molar-refractivity contribution in [3.8, 4) is 0 Å². The number of hydrogen-bond acceptors (Lipinski definition) is 0. The third kappa shape index (κ3) is 2.67. The highest BCUT2D eigenvalue weighted by Crippen LogP contribution is 2.62. The summed E-state index contributed by atoms with van der Waals surface area (Å²) in [5.41, 5.74) is 0. The Hall–Kier alpha value is 0. The summed E-state index contributed by atoms with van der Waals surface area (Å²) in [7, 11) is 0. The molecule has 11 atom stereocenters. The Morgan fingerprint density at radius 1 is 0.682 bits per heavy atom. The topological polar surface area (TPSA) is 0 Å². The van der Waals surface area contributed by atoms with Gasteiger partial charge in [-0.15, -0.1) is 0 Å². The molecule has 0 aliphatic heterocycles. The lowest BCUT2D eigenvalue weighted by molar-refractivity contribution is 0.234. The van der Waals surface area contributed by atoms with Crippen LogP contribution in [-0.4, -0.2) is 0 Å². The van der Waals surface area contributed by atoms with Crippen LogP contribution in [0.2, 0.25) is 0 Å². The molecule has 22 heavy (non-hydrogen) atoms. The second kappa shape index (κ2) is 5.82. The van der Waals surface area contributed by atoms with Gasteiger partial charge in [0.2, 0.25) is 0 Å². The predicted octanol–water partition coefficient (Wildman–Crippen LogP) is 6.36. The van der Waals surface area contributed by atoms with E-state index in [4.69, 9.17) is 0 Å². The molecule has 0 heteroatoms. The summed E-state index contributed by atoms with van der Waals surface area (Å²) in [4.78, 5) is 0. The van der Waals surface area contributed by atoms with Crippen molar-refractivity contribution in [3.05, 3.63) is 0 Å². The zero-order valence-corrected chi connectivity index (χ0v) is 16.3. The maximum absolute atomic E-state index is 2.58. The fraction of sp³-hybridized carbons (Fsp3) is 1.00. The quantitative estimate of drug-likeness (QED) is 0.513. The summed E-state index contributed by atoms with van der Waals surface area (Å²) in [5.74, 6) is 12.0. The van der Waals surface area contributed by atoms with E-state index in [0.29, 0.717) is 0 Å². The molecular weight excluding hydrogens is 264 g/mol. The average Bonchev–Trinajstić information content (AvgIpc) is 3.41. The molecular formula is C22H40. The van der Waals surface area contributed by atoms with Gasteiger partial charge in [0.1, 0.15) is 0 Å². The molecule has 3 saturated carbocycles. The van der Waals surface area contributed by atoms with Crippen LogP contribution in [0.4, 0.5) is 0 Å². The van der Waals surface area contributed by atoms with Crippen LogP contribution in [0.15, 0.2) is 0 Å². The highest BCUT2D eigenvalue weighted by Gasteiger charge is 2.56. The molecule has 3 aliphatic carbocycles. The van der Waals surface area contributed by atoms with Gasteiger partial charge in [-0.1, -0.05) is 61.8 Å². The fourth-order valence-electron chi connectivity index (χ4n) is 6.68. The van der Waals surface area contributed by atoms with Crippen molar-refractivity contribution in [1.82, 2.24) is 0 Å². The van der Waals surface area contributed by atoms with Gasteiger partial charge < -0.3 is 0 Å². The molecule has 128 valence electrons. The van der Waals surface area contributed by atoms with Crippen LogP contribution >= 0.6 is 0 Å². The molecule has 3 fully saturated rings. The SMILES string of the molecule is CCC1C(C)C1C(C)C(C)C1CC1C(C)C(C)C1C(C)C1C. The Morgan fingerprint density at radius 2 is 1.14 bits per heavy atom. The zero-order chi connectivity index (χ0) is 16.3. The third-order valence-corrected chi connectivity index (χ3v) is 9.12. The monoisotopic (exact) mass is 304 g/mol. The van der Waals surface area contributed by atoms with Gasteiger partial charge in [-0.3, -0.25) is 0 Å². The van der Waals surface area contributed by atoms with E-state index < -0.39 is 0 Å². The Bertz CT molecular complexity index is 391. The lowest BCUT2D eigenvalue weighted by Gasteiger charge is -2.25. The van der Waals surface area contributed by atoms with E-state index in [2.05, 4.69) is 55.4 Å². The summed E-state index contributed by atoms with van der Waals surface area (Å²) < 4.78 is 0. The zero-order valence-electron chi connectivity index (χ0n) is 16.3. The van der Waals surface area contributed by atoms with Gasteiger partial charge in [0.15, 0.2) is 0 Å². The van der Waals surface area contributed by atoms with Crippen LogP contribution in [0.3, 0.4) is 0 Å². The first kappa shape index (κ1) is 16.8.